The van der Waals surface area contributed by atoms with Crippen LogP contribution in [0.5, 0.6) is 17.2 Å². The van der Waals surface area contributed by atoms with Gasteiger partial charge in [-0.1, -0.05) is 23.7 Å². The van der Waals surface area contributed by atoms with Crippen molar-refractivity contribution in [3.63, 3.8) is 0 Å². The van der Waals surface area contributed by atoms with Crippen LogP contribution in [0, 0.1) is 0 Å². The number of benzene rings is 2. The van der Waals surface area contributed by atoms with Crippen LogP contribution in [0.1, 0.15) is 12.0 Å². The minimum Gasteiger partial charge on any atom is -0.489 e. The molecular weight excluding hydrogens is 368 g/mol. The van der Waals surface area contributed by atoms with Crippen molar-refractivity contribution in [3.8, 4) is 17.2 Å². The lowest BCUT2D eigenvalue weighted by molar-refractivity contribution is -0.127. The van der Waals surface area contributed by atoms with Crippen molar-refractivity contribution < 1.29 is 19.0 Å². The minimum absolute atomic E-state index is 0.147. The van der Waals surface area contributed by atoms with Crippen LogP contribution in [-0.4, -0.2) is 38.8 Å². The summed E-state index contributed by atoms with van der Waals surface area (Å²) in [5.74, 6) is 1.81. The summed E-state index contributed by atoms with van der Waals surface area (Å²) in [6.07, 6.45) is 0.256. The quantitative estimate of drug-likeness (QED) is 0.875. The lowest BCUT2D eigenvalue weighted by Gasteiger charge is -2.35. The van der Waals surface area contributed by atoms with E-state index < -0.39 is 6.10 Å². The van der Waals surface area contributed by atoms with Gasteiger partial charge in [0.1, 0.15) is 5.75 Å². The molecule has 2 aliphatic rings. The maximum atomic E-state index is 12.1. The molecule has 7 heteroatoms. The first-order valence-electron chi connectivity index (χ1n) is 8.96. The van der Waals surface area contributed by atoms with Gasteiger partial charge in [-0.25, -0.2) is 0 Å². The molecule has 6 nitrogen and oxygen atoms in total. The molecule has 0 aliphatic carbocycles. The lowest BCUT2D eigenvalue weighted by atomic mass is 10.1. The van der Waals surface area contributed by atoms with Crippen LogP contribution < -0.4 is 24.4 Å². The number of para-hydroxylation sites is 2. The Hall–Kier alpha value is -2.60. The molecule has 0 spiro atoms. The number of amides is 1. The number of carbonyl (C=O) groups is 1. The Kier molecular flexibility index (Phi) is 4.99. The van der Waals surface area contributed by atoms with Gasteiger partial charge in [0.25, 0.3) is 5.91 Å². The summed E-state index contributed by atoms with van der Waals surface area (Å²) in [6, 6.07) is 11.6. The van der Waals surface area contributed by atoms with E-state index in [-0.39, 0.29) is 5.91 Å². The highest BCUT2D eigenvalue weighted by atomic mass is 35.5. The number of ether oxygens (including phenoxy) is 3. The predicted octanol–water partition coefficient (Wildman–Crippen LogP) is 3.01. The molecule has 2 aromatic rings. The normalized spacial score (nSPS) is 18.1. The minimum atomic E-state index is -0.569. The zero-order valence-electron chi connectivity index (χ0n) is 15.0. The molecule has 1 amide bonds. The molecule has 1 unspecified atom stereocenters. The average molecular weight is 389 g/mol. The molecule has 4 rings (SSSR count). The predicted molar refractivity (Wildman–Crippen MR) is 103 cm³/mol. The standard InChI is InChI=1S/C20H21ClN2O4/c1-22-20(24)18-12-23(15-5-2-3-6-16(15)27-18)11-13-9-14(21)19-17(10-13)25-7-4-8-26-19/h2-3,5-6,9-10,18H,4,7-8,11-12H2,1H3,(H,22,24). The number of anilines is 1. The van der Waals surface area contributed by atoms with Crippen LogP contribution in [0.2, 0.25) is 5.02 Å². The molecule has 1 N–H and O–H groups in total. The van der Waals surface area contributed by atoms with Crippen molar-refractivity contribution >= 4 is 23.2 Å². The Morgan fingerprint density at radius 2 is 2.04 bits per heavy atom. The van der Waals surface area contributed by atoms with Crippen molar-refractivity contribution in [2.24, 2.45) is 0 Å². The number of nitrogens with zero attached hydrogens (tertiary/aromatic N) is 1. The molecule has 2 aliphatic heterocycles. The Balaban J connectivity index is 1.64. The number of carbonyl (C=O) groups excluding carboxylic acids is 1. The van der Waals surface area contributed by atoms with E-state index >= 15 is 0 Å². The Labute approximate surface area is 163 Å². The van der Waals surface area contributed by atoms with E-state index in [0.29, 0.717) is 48.6 Å². The van der Waals surface area contributed by atoms with Crippen LogP contribution in [0.25, 0.3) is 0 Å². The third-order valence-electron chi connectivity index (χ3n) is 4.64. The number of likely N-dealkylation sites (N-methyl/N-ethyl adjacent to an activating group) is 1. The van der Waals surface area contributed by atoms with Gasteiger partial charge in [-0.2, -0.15) is 0 Å². The molecule has 0 bridgehead atoms. The van der Waals surface area contributed by atoms with Crippen molar-refractivity contribution in [2.45, 2.75) is 19.1 Å². The van der Waals surface area contributed by atoms with Crippen molar-refractivity contribution in [3.05, 3.63) is 47.0 Å². The second kappa shape index (κ2) is 7.56. The van der Waals surface area contributed by atoms with Gasteiger partial charge >= 0.3 is 0 Å². The largest absolute Gasteiger partial charge is 0.489 e. The smallest absolute Gasteiger partial charge is 0.262 e. The van der Waals surface area contributed by atoms with Gasteiger partial charge in [-0.05, 0) is 29.8 Å². The Morgan fingerprint density at radius 1 is 1.22 bits per heavy atom. The van der Waals surface area contributed by atoms with Crippen molar-refractivity contribution in [1.82, 2.24) is 5.32 Å². The van der Waals surface area contributed by atoms with Crippen LogP contribution in [0.15, 0.2) is 36.4 Å². The van der Waals surface area contributed by atoms with E-state index in [4.69, 9.17) is 25.8 Å². The van der Waals surface area contributed by atoms with E-state index in [1.165, 1.54) is 0 Å². The van der Waals surface area contributed by atoms with E-state index in [0.717, 1.165) is 17.7 Å². The second-order valence-electron chi connectivity index (χ2n) is 6.52. The molecule has 1 atom stereocenters. The van der Waals surface area contributed by atoms with Crippen molar-refractivity contribution in [2.75, 3.05) is 31.7 Å². The van der Waals surface area contributed by atoms with E-state index in [1.807, 2.05) is 36.4 Å². The Morgan fingerprint density at radius 3 is 2.89 bits per heavy atom. The number of hydrogen-bond donors (Lipinski definition) is 1. The van der Waals surface area contributed by atoms with E-state index in [2.05, 4.69) is 10.2 Å². The lowest BCUT2D eigenvalue weighted by Crippen LogP contribution is -2.47. The summed E-state index contributed by atoms with van der Waals surface area (Å²) in [5.41, 5.74) is 1.93. The van der Waals surface area contributed by atoms with Gasteiger partial charge in [0.05, 0.1) is 30.5 Å². The third kappa shape index (κ3) is 3.62. The van der Waals surface area contributed by atoms with Crippen LogP contribution >= 0.6 is 11.6 Å². The maximum Gasteiger partial charge on any atom is 0.262 e. The van der Waals surface area contributed by atoms with E-state index in [9.17, 15) is 4.79 Å². The second-order valence-corrected chi connectivity index (χ2v) is 6.93. The maximum absolute atomic E-state index is 12.1. The number of fused-ring (bicyclic) bond motifs is 2. The zero-order valence-corrected chi connectivity index (χ0v) is 15.8. The Bertz CT molecular complexity index is 858. The van der Waals surface area contributed by atoms with E-state index in [1.54, 1.807) is 7.05 Å². The molecule has 2 aromatic carbocycles. The zero-order chi connectivity index (χ0) is 18.8. The number of rotatable bonds is 3. The van der Waals surface area contributed by atoms with Gasteiger partial charge in [0.15, 0.2) is 17.6 Å². The molecule has 0 aromatic heterocycles. The summed E-state index contributed by atoms with van der Waals surface area (Å²) in [7, 11) is 1.61. The topological polar surface area (TPSA) is 60.0 Å². The average Bonchev–Trinajstić information content (AvgIpc) is 2.93. The molecule has 2 heterocycles. The fourth-order valence-corrected chi connectivity index (χ4v) is 3.64. The molecule has 0 radical (unpaired) electrons. The highest BCUT2D eigenvalue weighted by molar-refractivity contribution is 6.32. The molecule has 0 saturated heterocycles. The number of nitrogens with one attached hydrogen (secondary N) is 1. The molecule has 142 valence electrons. The van der Waals surface area contributed by atoms with Gasteiger partial charge in [-0.15, -0.1) is 0 Å². The van der Waals surface area contributed by atoms with Gasteiger partial charge < -0.3 is 24.4 Å². The summed E-state index contributed by atoms with van der Waals surface area (Å²) in [6.45, 7) is 2.22. The fourth-order valence-electron chi connectivity index (χ4n) is 3.35. The molecule has 27 heavy (non-hydrogen) atoms. The third-order valence-corrected chi connectivity index (χ3v) is 4.92. The molecule has 0 fully saturated rings. The van der Waals surface area contributed by atoms with Gasteiger partial charge in [0, 0.05) is 20.0 Å². The van der Waals surface area contributed by atoms with Gasteiger partial charge in [-0.3, -0.25) is 4.79 Å². The number of halogens is 1. The highest BCUT2D eigenvalue weighted by Gasteiger charge is 2.30. The SMILES string of the molecule is CNC(=O)C1CN(Cc2cc(Cl)c3c(c2)OCCCO3)c2ccccc2O1. The fraction of sp³-hybridized carbons (Fsp3) is 0.350. The highest BCUT2D eigenvalue weighted by Crippen LogP contribution is 2.40. The first-order chi connectivity index (χ1) is 13.2. The first-order valence-corrected chi connectivity index (χ1v) is 9.34. The molecular formula is C20H21ClN2O4. The molecule has 0 saturated carbocycles. The summed E-state index contributed by atoms with van der Waals surface area (Å²) < 4.78 is 17.3. The van der Waals surface area contributed by atoms with Crippen LogP contribution in [0.3, 0.4) is 0 Å². The van der Waals surface area contributed by atoms with Gasteiger partial charge in [0.2, 0.25) is 0 Å². The van der Waals surface area contributed by atoms with Crippen LogP contribution in [0.4, 0.5) is 5.69 Å². The summed E-state index contributed by atoms with van der Waals surface area (Å²) in [5, 5.41) is 3.19. The summed E-state index contributed by atoms with van der Waals surface area (Å²) in [4.78, 5) is 14.3. The van der Waals surface area contributed by atoms with Crippen molar-refractivity contribution in [1.29, 1.82) is 0 Å². The monoisotopic (exact) mass is 388 g/mol. The summed E-state index contributed by atoms with van der Waals surface area (Å²) >= 11 is 6.43. The van der Waals surface area contributed by atoms with Crippen LogP contribution in [-0.2, 0) is 11.3 Å². The number of hydrogen-bond acceptors (Lipinski definition) is 5. The first kappa shape index (κ1) is 17.8.